The van der Waals surface area contributed by atoms with Crippen LogP contribution in [-0.4, -0.2) is 22.0 Å². The highest BCUT2D eigenvalue weighted by molar-refractivity contribution is 5.95. The highest BCUT2D eigenvalue weighted by Gasteiger charge is 2.16. The Morgan fingerprint density at radius 3 is 2.53 bits per heavy atom. The molecular weight excluding hydrogens is 386 g/mol. The van der Waals surface area contributed by atoms with Gasteiger partial charge in [-0.25, -0.2) is 4.79 Å². The highest BCUT2D eigenvalue weighted by Crippen LogP contribution is 2.24. The first-order chi connectivity index (χ1) is 14.3. The molecule has 9 nitrogen and oxygen atoms in total. The molecule has 0 aliphatic rings. The molecule has 0 fully saturated rings. The van der Waals surface area contributed by atoms with Crippen molar-refractivity contribution in [2.24, 2.45) is 5.73 Å². The summed E-state index contributed by atoms with van der Waals surface area (Å²) in [7, 11) is 0. The van der Waals surface area contributed by atoms with E-state index < -0.39 is 17.6 Å². The highest BCUT2D eigenvalue weighted by atomic mass is 16.6. The van der Waals surface area contributed by atoms with Gasteiger partial charge in [0.2, 0.25) is 11.7 Å². The van der Waals surface area contributed by atoms with Gasteiger partial charge in [-0.2, -0.15) is 0 Å². The van der Waals surface area contributed by atoms with E-state index in [4.69, 9.17) is 10.5 Å². The van der Waals surface area contributed by atoms with E-state index in [1.807, 2.05) is 12.1 Å². The number of carbonyl (C=O) groups is 2. The molecule has 0 saturated carbocycles. The van der Waals surface area contributed by atoms with Crippen LogP contribution < -0.4 is 26.7 Å². The molecule has 0 atom stereocenters. The van der Waals surface area contributed by atoms with Crippen molar-refractivity contribution in [2.45, 2.75) is 20.4 Å². The number of aromatic nitrogens is 2. The van der Waals surface area contributed by atoms with Gasteiger partial charge in [0.15, 0.2) is 0 Å². The van der Waals surface area contributed by atoms with E-state index in [1.165, 1.54) is 6.20 Å². The number of hydrogen-bond donors (Lipinski definition) is 4. The Balaban J connectivity index is 1.77. The van der Waals surface area contributed by atoms with Crippen LogP contribution in [0.1, 0.15) is 27.2 Å². The summed E-state index contributed by atoms with van der Waals surface area (Å²) in [5.74, 6) is -0.732. The second kappa shape index (κ2) is 8.91. The van der Waals surface area contributed by atoms with Gasteiger partial charge < -0.3 is 20.8 Å². The fourth-order valence-electron chi connectivity index (χ4n) is 2.92. The number of hydrogen-bond acceptors (Lipinski definition) is 6. The van der Waals surface area contributed by atoms with Crippen LogP contribution in [0, 0.1) is 13.8 Å². The topological polar surface area (TPSA) is 139 Å². The van der Waals surface area contributed by atoms with Crippen molar-refractivity contribution in [3.8, 4) is 5.75 Å². The smallest absolute Gasteiger partial charge is 0.402 e. The minimum atomic E-state index is -0.842. The molecule has 1 aromatic carbocycles. The lowest BCUT2D eigenvalue weighted by atomic mass is 10.0. The Kier molecular flexibility index (Phi) is 6.11. The molecule has 0 saturated heterocycles. The summed E-state index contributed by atoms with van der Waals surface area (Å²) < 4.78 is 5.29. The van der Waals surface area contributed by atoms with Gasteiger partial charge in [0.1, 0.15) is 0 Å². The maximum atomic E-state index is 12.5. The summed E-state index contributed by atoms with van der Waals surface area (Å²) in [6.45, 7) is 3.80. The van der Waals surface area contributed by atoms with E-state index in [-0.39, 0.29) is 5.75 Å². The van der Waals surface area contributed by atoms with Crippen LogP contribution in [0.2, 0.25) is 0 Å². The Morgan fingerprint density at radius 1 is 1.17 bits per heavy atom. The van der Waals surface area contributed by atoms with Gasteiger partial charge in [0.05, 0.1) is 17.9 Å². The van der Waals surface area contributed by atoms with Crippen LogP contribution in [-0.2, 0) is 6.54 Å². The fraction of sp³-hybridized carbons (Fsp3) is 0.143. The van der Waals surface area contributed by atoms with Crippen molar-refractivity contribution < 1.29 is 14.3 Å². The molecule has 9 heteroatoms. The van der Waals surface area contributed by atoms with Crippen molar-refractivity contribution in [1.29, 1.82) is 0 Å². The molecule has 3 rings (SSSR count). The lowest BCUT2D eigenvalue weighted by Gasteiger charge is -2.14. The molecule has 2 aromatic heterocycles. The number of aromatic amines is 1. The molecule has 0 spiro atoms. The quantitative estimate of drug-likeness (QED) is 0.495. The number of benzene rings is 1. The number of carbonyl (C=O) groups excluding carboxylic acids is 2. The zero-order chi connectivity index (χ0) is 21.7. The van der Waals surface area contributed by atoms with E-state index in [2.05, 4.69) is 20.6 Å². The van der Waals surface area contributed by atoms with Crippen LogP contribution in [0.3, 0.4) is 0 Å². The number of amides is 2. The van der Waals surface area contributed by atoms with Gasteiger partial charge in [0, 0.05) is 23.6 Å². The number of aryl methyl sites for hydroxylation is 2. The van der Waals surface area contributed by atoms with Crippen molar-refractivity contribution in [3.05, 3.63) is 81.5 Å². The number of anilines is 2. The predicted molar refractivity (Wildman–Crippen MR) is 113 cm³/mol. The SMILES string of the molecule is Cc1cc(C(N)=O)cc(C)c1NC(=O)Oc1c(NCc2ccccn2)cc[nH]c1=O. The van der Waals surface area contributed by atoms with Crippen molar-refractivity contribution in [3.63, 3.8) is 0 Å². The monoisotopic (exact) mass is 407 g/mol. The Bertz CT molecular complexity index is 1120. The molecule has 5 N–H and O–H groups in total. The van der Waals surface area contributed by atoms with E-state index >= 15 is 0 Å². The number of ether oxygens (including phenoxy) is 1. The maximum Gasteiger partial charge on any atom is 0.417 e. The molecule has 3 aromatic rings. The van der Waals surface area contributed by atoms with Crippen LogP contribution in [0.4, 0.5) is 16.2 Å². The maximum absolute atomic E-state index is 12.5. The molecule has 154 valence electrons. The second-order valence-corrected chi connectivity index (χ2v) is 6.59. The van der Waals surface area contributed by atoms with Crippen molar-refractivity contribution >= 4 is 23.4 Å². The van der Waals surface area contributed by atoms with Gasteiger partial charge >= 0.3 is 6.09 Å². The van der Waals surface area contributed by atoms with E-state index in [0.717, 1.165) is 5.69 Å². The zero-order valence-electron chi connectivity index (χ0n) is 16.5. The third kappa shape index (κ3) is 4.82. The van der Waals surface area contributed by atoms with Gasteiger partial charge in [-0.3, -0.25) is 19.9 Å². The van der Waals surface area contributed by atoms with Crippen LogP contribution in [0.5, 0.6) is 5.75 Å². The van der Waals surface area contributed by atoms with Gasteiger partial charge in [-0.1, -0.05) is 6.07 Å². The largest absolute Gasteiger partial charge is 0.417 e. The molecule has 2 heterocycles. The Hall–Kier alpha value is -4.14. The lowest BCUT2D eigenvalue weighted by Crippen LogP contribution is -2.23. The first kappa shape index (κ1) is 20.6. The van der Waals surface area contributed by atoms with Crippen LogP contribution in [0.25, 0.3) is 0 Å². The molecule has 0 bridgehead atoms. The van der Waals surface area contributed by atoms with Gasteiger partial charge in [-0.15, -0.1) is 0 Å². The summed E-state index contributed by atoms with van der Waals surface area (Å²) in [6, 6.07) is 10.2. The third-order valence-electron chi connectivity index (χ3n) is 4.34. The number of nitrogens with one attached hydrogen (secondary N) is 3. The standard InChI is InChI=1S/C21H21N5O4/c1-12-9-14(19(22)27)10-13(2)17(12)26-21(29)30-18-16(6-8-24-20(18)28)25-11-15-5-3-4-7-23-15/h3-10H,11H2,1-2H3,(H2,22,27)(H,26,29)(H2,24,25,28). The molecule has 2 amide bonds. The number of primary amides is 1. The fourth-order valence-corrected chi connectivity index (χ4v) is 2.92. The molecule has 0 radical (unpaired) electrons. The molecule has 0 aliphatic heterocycles. The summed E-state index contributed by atoms with van der Waals surface area (Å²) in [6.07, 6.45) is 2.27. The number of nitrogens with two attached hydrogens (primary N) is 1. The number of pyridine rings is 2. The zero-order valence-corrected chi connectivity index (χ0v) is 16.5. The molecule has 0 aliphatic carbocycles. The van der Waals surface area contributed by atoms with E-state index in [9.17, 15) is 14.4 Å². The van der Waals surface area contributed by atoms with Gasteiger partial charge in [0.25, 0.3) is 5.56 Å². The van der Waals surface area contributed by atoms with E-state index in [1.54, 1.807) is 44.3 Å². The van der Waals surface area contributed by atoms with Crippen LogP contribution >= 0.6 is 0 Å². The van der Waals surface area contributed by atoms with Crippen LogP contribution in [0.15, 0.2) is 53.6 Å². The number of nitrogens with zero attached hydrogens (tertiary/aromatic N) is 1. The van der Waals surface area contributed by atoms with Crippen molar-refractivity contribution in [2.75, 3.05) is 10.6 Å². The minimum Gasteiger partial charge on any atom is -0.402 e. The minimum absolute atomic E-state index is 0.171. The summed E-state index contributed by atoms with van der Waals surface area (Å²) in [5.41, 5.74) is 7.93. The Morgan fingerprint density at radius 2 is 1.90 bits per heavy atom. The molecule has 0 unspecified atom stereocenters. The van der Waals surface area contributed by atoms with Gasteiger partial charge in [-0.05, 0) is 55.3 Å². The first-order valence-electron chi connectivity index (χ1n) is 9.10. The Labute approximate surface area is 172 Å². The van der Waals surface area contributed by atoms with Crippen molar-refractivity contribution in [1.82, 2.24) is 9.97 Å². The average Bonchev–Trinajstić information content (AvgIpc) is 2.71. The predicted octanol–water partition coefficient (Wildman–Crippen LogP) is 2.71. The lowest BCUT2D eigenvalue weighted by molar-refractivity contribution is 0.1000. The number of rotatable bonds is 6. The molecule has 30 heavy (non-hydrogen) atoms. The average molecular weight is 407 g/mol. The summed E-state index contributed by atoms with van der Waals surface area (Å²) >= 11 is 0. The van der Waals surface area contributed by atoms with E-state index in [0.29, 0.717) is 34.6 Å². The third-order valence-corrected chi connectivity index (χ3v) is 4.34. The number of H-pyrrole nitrogens is 1. The first-order valence-corrected chi connectivity index (χ1v) is 9.10. The molecular formula is C21H21N5O4. The second-order valence-electron chi connectivity index (χ2n) is 6.59. The normalized spacial score (nSPS) is 10.3. The summed E-state index contributed by atoms with van der Waals surface area (Å²) in [4.78, 5) is 42.8. The summed E-state index contributed by atoms with van der Waals surface area (Å²) in [5, 5.41) is 5.66.